The number of para-hydroxylation sites is 2. The number of hydrogen-bond acceptors (Lipinski definition) is 4. The van der Waals surface area contributed by atoms with Crippen LogP contribution in [0.5, 0.6) is 11.5 Å². The highest BCUT2D eigenvalue weighted by atomic mass is 16.5. The molecule has 0 heterocycles. The van der Waals surface area contributed by atoms with Crippen LogP contribution in [0, 0.1) is 5.41 Å². The lowest BCUT2D eigenvalue weighted by Gasteiger charge is -2.27. The van der Waals surface area contributed by atoms with Gasteiger partial charge in [0.25, 0.3) is 0 Å². The number of ether oxygens (including phenoxy) is 2. The minimum Gasteiger partial charge on any atom is -0.493 e. The van der Waals surface area contributed by atoms with Gasteiger partial charge in [0.05, 0.1) is 26.7 Å². The Labute approximate surface area is 155 Å². The number of carbonyl (C=O) groups excluding carboxylic acids is 1. The van der Waals surface area contributed by atoms with E-state index in [-0.39, 0.29) is 25.5 Å². The first-order chi connectivity index (χ1) is 12.6. The minimum absolute atomic E-state index is 0.000111. The minimum atomic E-state index is -0.402. The van der Waals surface area contributed by atoms with E-state index in [2.05, 4.69) is 5.32 Å². The topological polar surface area (TPSA) is 67.8 Å². The second-order valence-corrected chi connectivity index (χ2v) is 6.66. The molecule has 26 heavy (non-hydrogen) atoms. The molecule has 0 saturated carbocycles. The Morgan fingerprint density at radius 2 is 1.73 bits per heavy atom. The Hall–Kier alpha value is -2.53. The fourth-order valence-electron chi connectivity index (χ4n) is 2.66. The van der Waals surface area contributed by atoms with Crippen LogP contribution in [0.3, 0.4) is 0 Å². The lowest BCUT2D eigenvalue weighted by molar-refractivity contribution is -0.122. The molecule has 5 heteroatoms. The lowest BCUT2D eigenvalue weighted by atomic mass is 9.84. The first-order valence-electron chi connectivity index (χ1n) is 8.73. The highest BCUT2D eigenvalue weighted by Crippen LogP contribution is 2.25. The molecule has 0 aliphatic heterocycles. The summed E-state index contributed by atoms with van der Waals surface area (Å²) in [5, 5.41) is 12.7. The van der Waals surface area contributed by atoms with Gasteiger partial charge in [0.1, 0.15) is 0 Å². The van der Waals surface area contributed by atoms with Crippen molar-refractivity contribution in [2.45, 2.75) is 19.8 Å². The number of methoxy groups -OCH3 is 1. The quantitative estimate of drug-likeness (QED) is 0.686. The summed E-state index contributed by atoms with van der Waals surface area (Å²) in [6.07, 6.45) is 0.938. The van der Waals surface area contributed by atoms with Gasteiger partial charge in [0.2, 0.25) is 5.91 Å². The van der Waals surface area contributed by atoms with E-state index in [0.29, 0.717) is 24.5 Å². The van der Waals surface area contributed by atoms with Crippen molar-refractivity contribution in [3.63, 3.8) is 0 Å². The van der Waals surface area contributed by atoms with E-state index in [9.17, 15) is 9.90 Å². The lowest BCUT2D eigenvalue weighted by Crippen LogP contribution is -2.39. The molecule has 2 aromatic rings. The molecule has 0 bridgehead atoms. The van der Waals surface area contributed by atoms with Gasteiger partial charge < -0.3 is 19.9 Å². The van der Waals surface area contributed by atoms with Gasteiger partial charge in [-0.1, -0.05) is 49.4 Å². The normalized spacial score (nSPS) is 12.9. The van der Waals surface area contributed by atoms with Crippen LogP contribution >= 0.6 is 0 Å². The van der Waals surface area contributed by atoms with E-state index in [0.717, 1.165) is 5.56 Å². The third-order valence-corrected chi connectivity index (χ3v) is 4.22. The van der Waals surface area contributed by atoms with Crippen LogP contribution in [0.4, 0.5) is 0 Å². The number of aliphatic hydroxyl groups is 1. The summed E-state index contributed by atoms with van der Waals surface area (Å²) < 4.78 is 10.8. The van der Waals surface area contributed by atoms with Gasteiger partial charge in [-0.05, 0) is 24.1 Å². The number of nitrogens with one attached hydrogen (secondary N) is 1. The molecule has 5 nitrogen and oxygen atoms in total. The fourth-order valence-corrected chi connectivity index (χ4v) is 2.66. The Balaban J connectivity index is 1.78. The van der Waals surface area contributed by atoms with Crippen molar-refractivity contribution >= 4 is 5.91 Å². The first kappa shape index (κ1) is 19.8. The molecule has 2 rings (SSSR count). The van der Waals surface area contributed by atoms with Gasteiger partial charge >= 0.3 is 0 Å². The summed E-state index contributed by atoms with van der Waals surface area (Å²) in [7, 11) is 1.58. The van der Waals surface area contributed by atoms with E-state index in [4.69, 9.17) is 9.47 Å². The molecule has 1 amide bonds. The molecule has 0 aliphatic rings. The molecule has 0 spiro atoms. The zero-order valence-electron chi connectivity index (χ0n) is 15.4. The predicted molar refractivity (Wildman–Crippen MR) is 101 cm³/mol. The molecule has 0 fully saturated rings. The van der Waals surface area contributed by atoms with Crippen molar-refractivity contribution in [3.8, 4) is 11.5 Å². The van der Waals surface area contributed by atoms with Gasteiger partial charge in [0.15, 0.2) is 11.5 Å². The molecule has 1 atom stereocenters. The van der Waals surface area contributed by atoms with E-state index >= 15 is 0 Å². The summed E-state index contributed by atoms with van der Waals surface area (Å²) in [5.41, 5.74) is 0.735. The van der Waals surface area contributed by atoms with Crippen LogP contribution in [0.1, 0.15) is 18.9 Å². The van der Waals surface area contributed by atoms with E-state index in [1.165, 1.54) is 0 Å². The molecule has 0 saturated heterocycles. The van der Waals surface area contributed by atoms with Crippen LogP contribution in [0.2, 0.25) is 0 Å². The van der Waals surface area contributed by atoms with Crippen molar-refractivity contribution in [1.82, 2.24) is 5.32 Å². The van der Waals surface area contributed by atoms with E-state index in [1.807, 2.05) is 55.5 Å². The number of hydrogen-bond donors (Lipinski definition) is 2. The van der Waals surface area contributed by atoms with Gasteiger partial charge in [-0.2, -0.15) is 0 Å². The first-order valence-corrected chi connectivity index (χ1v) is 8.73. The number of benzene rings is 2. The Morgan fingerprint density at radius 3 is 2.38 bits per heavy atom. The smallest absolute Gasteiger partial charge is 0.223 e. The van der Waals surface area contributed by atoms with Crippen molar-refractivity contribution < 1.29 is 19.4 Å². The van der Waals surface area contributed by atoms with Crippen LogP contribution in [0.25, 0.3) is 0 Å². The zero-order chi connectivity index (χ0) is 18.8. The van der Waals surface area contributed by atoms with Crippen LogP contribution in [-0.2, 0) is 11.2 Å². The maximum Gasteiger partial charge on any atom is 0.223 e. The van der Waals surface area contributed by atoms with Crippen molar-refractivity contribution in [2.75, 3.05) is 26.9 Å². The summed E-state index contributed by atoms with van der Waals surface area (Å²) >= 11 is 0. The highest BCUT2D eigenvalue weighted by Gasteiger charge is 2.24. The predicted octanol–water partition coefficient (Wildman–Crippen LogP) is 2.82. The second kappa shape index (κ2) is 9.82. The Bertz CT molecular complexity index is 689. The third kappa shape index (κ3) is 6.08. The average Bonchev–Trinajstić information content (AvgIpc) is 2.67. The zero-order valence-corrected chi connectivity index (χ0v) is 15.4. The van der Waals surface area contributed by atoms with Crippen LogP contribution in [0.15, 0.2) is 54.6 Å². The SMILES string of the molecule is COc1ccccc1OCCC(=O)NCC(C)(CO)Cc1ccccc1. The molecule has 0 aromatic heterocycles. The van der Waals surface area contributed by atoms with Gasteiger partial charge in [-0.15, -0.1) is 0 Å². The molecular formula is C21H27NO4. The largest absolute Gasteiger partial charge is 0.493 e. The van der Waals surface area contributed by atoms with Crippen molar-refractivity contribution in [2.24, 2.45) is 5.41 Å². The molecule has 0 aliphatic carbocycles. The van der Waals surface area contributed by atoms with Crippen LogP contribution in [-0.4, -0.2) is 37.9 Å². The summed E-state index contributed by atoms with van der Waals surface area (Å²) in [6, 6.07) is 17.3. The van der Waals surface area contributed by atoms with Crippen molar-refractivity contribution in [1.29, 1.82) is 0 Å². The Morgan fingerprint density at radius 1 is 1.08 bits per heavy atom. The monoisotopic (exact) mass is 357 g/mol. The fraction of sp³-hybridized carbons (Fsp3) is 0.381. The average molecular weight is 357 g/mol. The molecule has 2 aromatic carbocycles. The molecule has 0 radical (unpaired) electrons. The second-order valence-electron chi connectivity index (χ2n) is 6.66. The highest BCUT2D eigenvalue weighted by molar-refractivity contribution is 5.76. The van der Waals surface area contributed by atoms with Crippen LogP contribution < -0.4 is 14.8 Å². The van der Waals surface area contributed by atoms with Gasteiger partial charge in [-0.25, -0.2) is 0 Å². The van der Waals surface area contributed by atoms with Gasteiger partial charge in [0, 0.05) is 12.0 Å². The number of carbonyl (C=O) groups is 1. The molecule has 1 unspecified atom stereocenters. The maximum absolute atomic E-state index is 12.1. The number of rotatable bonds is 10. The van der Waals surface area contributed by atoms with Crippen molar-refractivity contribution in [3.05, 3.63) is 60.2 Å². The summed E-state index contributed by atoms with van der Waals surface area (Å²) in [4.78, 5) is 12.1. The summed E-state index contributed by atoms with van der Waals surface area (Å²) in [6.45, 7) is 2.64. The molecule has 2 N–H and O–H groups in total. The van der Waals surface area contributed by atoms with Gasteiger partial charge in [-0.3, -0.25) is 4.79 Å². The third-order valence-electron chi connectivity index (χ3n) is 4.22. The molecule has 140 valence electrons. The Kier molecular flexibility index (Phi) is 7.48. The maximum atomic E-state index is 12.1. The summed E-state index contributed by atoms with van der Waals surface area (Å²) in [5.74, 6) is 1.16. The van der Waals surface area contributed by atoms with E-state index in [1.54, 1.807) is 13.2 Å². The number of amides is 1. The molecular weight excluding hydrogens is 330 g/mol. The van der Waals surface area contributed by atoms with E-state index < -0.39 is 5.41 Å². The standard InChI is InChI=1S/C21H27NO4/c1-21(16-23,14-17-8-4-3-5-9-17)15-22-20(24)12-13-26-19-11-7-6-10-18(19)25-2/h3-11,23H,12-16H2,1-2H3,(H,22,24). The number of aliphatic hydroxyl groups excluding tert-OH is 1.